The van der Waals surface area contributed by atoms with Gasteiger partial charge in [0.2, 0.25) is 0 Å². The lowest BCUT2D eigenvalue weighted by Gasteiger charge is -2.16. The number of rotatable bonds is 1. The molecule has 0 bridgehead atoms. The van der Waals surface area contributed by atoms with Crippen molar-refractivity contribution in [1.82, 2.24) is 5.32 Å². The Balaban J connectivity index is 0. The van der Waals surface area contributed by atoms with Gasteiger partial charge in [0.25, 0.3) is 0 Å². The average Bonchev–Trinajstić information content (AvgIpc) is 1.89. The summed E-state index contributed by atoms with van der Waals surface area (Å²) in [6, 6.07) is 0. The Bertz CT molecular complexity index is 202. The first-order chi connectivity index (χ1) is 4.77. The van der Waals surface area contributed by atoms with Gasteiger partial charge in [-0.1, -0.05) is 0 Å². The molecule has 0 aromatic carbocycles. The number of nitrogens with zero attached hydrogens (tertiary/aromatic N) is 1. The molecule has 0 aromatic rings. The van der Waals surface area contributed by atoms with E-state index in [0.29, 0.717) is 6.54 Å². The Morgan fingerprint density at radius 3 is 2.25 bits per heavy atom. The standard InChI is InChI=1S/C6H14N2OS.2ClH/c1-2-8-10(9)5-3-7-4-6-10;;/h7H,2-6H2,1H3;2*1H. The normalized spacial score (nSPS) is 20.1. The van der Waals surface area contributed by atoms with E-state index in [1.165, 1.54) is 0 Å². The zero-order chi connectivity index (χ0) is 7.45. The van der Waals surface area contributed by atoms with Gasteiger partial charge in [0.1, 0.15) is 0 Å². The number of halogens is 2. The highest BCUT2D eigenvalue weighted by Gasteiger charge is 2.11. The summed E-state index contributed by atoms with van der Waals surface area (Å²) < 4.78 is 15.7. The molecule has 76 valence electrons. The summed E-state index contributed by atoms with van der Waals surface area (Å²) >= 11 is 0. The molecule has 0 amide bonds. The van der Waals surface area contributed by atoms with E-state index in [-0.39, 0.29) is 24.8 Å². The lowest BCUT2D eigenvalue weighted by atomic mass is 10.6. The molecule has 1 aliphatic heterocycles. The number of hydrogen-bond acceptors (Lipinski definition) is 3. The van der Waals surface area contributed by atoms with Crippen molar-refractivity contribution in [2.24, 2.45) is 4.36 Å². The van der Waals surface area contributed by atoms with E-state index in [1.54, 1.807) is 0 Å². The summed E-state index contributed by atoms with van der Waals surface area (Å²) in [7, 11) is -1.78. The highest BCUT2D eigenvalue weighted by Crippen LogP contribution is 1.98. The largest absolute Gasteiger partial charge is 0.315 e. The molecule has 0 radical (unpaired) electrons. The quantitative estimate of drug-likeness (QED) is 0.734. The molecular formula is C6H16Cl2N2OS. The van der Waals surface area contributed by atoms with Crippen molar-refractivity contribution in [3.05, 3.63) is 0 Å². The molecule has 0 atom stereocenters. The topological polar surface area (TPSA) is 41.5 Å². The Morgan fingerprint density at radius 2 is 1.83 bits per heavy atom. The maximum Gasteiger partial charge on any atom is 0.0492 e. The first-order valence-corrected chi connectivity index (χ1v) is 5.51. The van der Waals surface area contributed by atoms with Gasteiger partial charge in [0.15, 0.2) is 0 Å². The van der Waals surface area contributed by atoms with Gasteiger partial charge in [-0.2, -0.15) is 0 Å². The number of nitrogens with one attached hydrogen (secondary N) is 1. The van der Waals surface area contributed by atoms with Crippen LogP contribution in [0.1, 0.15) is 6.92 Å². The van der Waals surface area contributed by atoms with Crippen LogP contribution in [0.2, 0.25) is 0 Å². The second-order valence-corrected chi connectivity index (χ2v) is 5.00. The molecule has 3 nitrogen and oxygen atoms in total. The molecule has 0 aromatic heterocycles. The lowest BCUT2D eigenvalue weighted by Crippen LogP contribution is -2.35. The van der Waals surface area contributed by atoms with Crippen LogP contribution >= 0.6 is 24.8 Å². The Morgan fingerprint density at radius 1 is 1.33 bits per heavy atom. The Labute approximate surface area is 86.7 Å². The smallest absolute Gasteiger partial charge is 0.0492 e. The molecule has 0 unspecified atom stereocenters. The van der Waals surface area contributed by atoms with Crippen molar-refractivity contribution in [3.63, 3.8) is 0 Å². The SMILES string of the molecule is CCN=S1(=O)CCNCC1.Cl.Cl. The van der Waals surface area contributed by atoms with Gasteiger partial charge in [0.05, 0.1) is 0 Å². The van der Waals surface area contributed by atoms with E-state index in [0.717, 1.165) is 24.6 Å². The van der Waals surface area contributed by atoms with Crippen molar-refractivity contribution < 1.29 is 4.21 Å². The molecule has 1 N–H and O–H groups in total. The highest BCUT2D eigenvalue weighted by atomic mass is 35.5. The van der Waals surface area contributed by atoms with Crippen LogP contribution in [0, 0.1) is 0 Å². The minimum absolute atomic E-state index is 0. The van der Waals surface area contributed by atoms with Crippen molar-refractivity contribution >= 4 is 34.5 Å². The van der Waals surface area contributed by atoms with Gasteiger partial charge < -0.3 is 5.32 Å². The first kappa shape index (κ1) is 15.0. The zero-order valence-corrected chi connectivity index (χ0v) is 9.57. The van der Waals surface area contributed by atoms with Gasteiger partial charge in [0, 0.05) is 40.9 Å². The maximum atomic E-state index is 11.6. The lowest BCUT2D eigenvalue weighted by molar-refractivity contribution is 0.650. The molecule has 0 spiro atoms. The Kier molecular flexibility index (Phi) is 8.68. The van der Waals surface area contributed by atoms with E-state index in [1.807, 2.05) is 6.92 Å². The monoisotopic (exact) mass is 234 g/mol. The summed E-state index contributed by atoms with van der Waals surface area (Å²) in [5.41, 5.74) is 0. The average molecular weight is 235 g/mol. The highest BCUT2D eigenvalue weighted by molar-refractivity contribution is 7.93. The van der Waals surface area contributed by atoms with E-state index in [2.05, 4.69) is 9.68 Å². The van der Waals surface area contributed by atoms with E-state index >= 15 is 0 Å². The molecule has 1 aliphatic rings. The van der Waals surface area contributed by atoms with Crippen LogP contribution in [0.4, 0.5) is 0 Å². The van der Waals surface area contributed by atoms with E-state index in [9.17, 15) is 4.21 Å². The van der Waals surface area contributed by atoms with E-state index < -0.39 is 9.73 Å². The fourth-order valence-corrected chi connectivity index (χ4v) is 2.91. The summed E-state index contributed by atoms with van der Waals surface area (Å²) in [6.45, 7) is 4.36. The van der Waals surface area contributed by atoms with Crippen molar-refractivity contribution in [2.45, 2.75) is 6.92 Å². The van der Waals surface area contributed by atoms with Gasteiger partial charge >= 0.3 is 0 Å². The molecule has 0 aliphatic carbocycles. The summed E-state index contributed by atoms with van der Waals surface area (Å²) in [6.07, 6.45) is 0. The third-order valence-electron chi connectivity index (χ3n) is 1.56. The maximum absolute atomic E-state index is 11.6. The second kappa shape index (κ2) is 6.95. The van der Waals surface area contributed by atoms with Crippen LogP contribution in [0.25, 0.3) is 0 Å². The predicted molar refractivity (Wildman–Crippen MR) is 58.2 cm³/mol. The predicted octanol–water partition coefficient (Wildman–Crippen LogP) is 0.921. The fourth-order valence-electron chi connectivity index (χ4n) is 1.05. The van der Waals surface area contributed by atoms with Crippen molar-refractivity contribution in [2.75, 3.05) is 31.1 Å². The molecule has 1 heterocycles. The Hall–Kier alpha value is 0.490. The van der Waals surface area contributed by atoms with Crippen LogP contribution in [0.3, 0.4) is 0 Å². The van der Waals surface area contributed by atoms with Gasteiger partial charge in [-0.25, -0.2) is 8.57 Å². The molecule has 1 rings (SSSR count). The molecule has 1 fully saturated rings. The fraction of sp³-hybridized carbons (Fsp3) is 1.00. The molecule has 0 saturated carbocycles. The van der Waals surface area contributed by atoms with Crippen molar-refractivity contribution in [1.29, 1.82) is 0 Å². The number of hydrogen-bond donors (Lipinski definition) is 1. The van der Waals surface area contributed by atoms with Crippen LogP contribution in [-0.4, -0.2) is 35.3 Å². The summed E-state index contributed by atoms with van der Waals surface area (Å²) in [5, 5.41) is 3.16. The van der Waals surface area contributed by atoms with Crippen LogP contribution < -0.4 is 5.32 Å². The van der Waals surface area contributed by atoms with Crippen LogP contribution in [0.15, 0.2) is 4.36 Å². The summed E-state index contributed by atoms with van der Waals surface area (Å²) in [4.78, 5) is 0. The van der Waals surface area contributed by atoms with Gasteiger partial charge in [-0.15, -0.1) is 24.8 Å². The summed E-state index contributed by atoms with van der Waals surface area (Å²) in [5.74, 6) is 1.47. The van der Waals surface area contributed by atoms with Gasteiger partial charge in [-0.05, 0) is 6.92 Å². The van der Waals surface area contributed by atoms with E-state index in [4.69, 9.17) is 0 Å². The molecule has 1 saturated heterocycles. The second-order valence-electron chi connectivity index (χ2n) is 2.38. The van der Waals surface area contributed by atoms with Gasteiger partial charge in [-0.3, -0.25) is 0 Å². The minimum Gasteiger partial charge on any atom is -0.315 e. The molecular weight excluding hydrogens is 219 g/mol. The van der Waals surface area contributed by atoms with Crippen LogP contribution in [-0.2, 0) is 9.73 Å². The third kappa shape index (κ3) is 4.50. The van der Waals surface area contributed by atoms with Crippen molar-refractivity contribution in [3.8, 4) is 0 Å². The first-order valence-electron chi connectivity index (χ1n) is 3.66. The third-order valence-corrected chi connectivity index (χ3v) is 3.97. The van der Waals surface area contributed by atoms with Crippen LogP contribution in [0.5, 0.6) is 0 Å². The minimum atomic E-state index is -1.78. The zero-order valence-electron chi connectivity index (χ0n) is 7.12. The molecule has 12 heavy (non-hydrogen) atoms. The molecule has 6 heteroatoms.